The predicted molar refractivity (Wildman–Crippen MR) is 75.2 cm³/mol. The van der Waals surface area contributed by atoms with Gasteiger partial charge >= 0.3 is 0 Å². The van der Waals surface area contributed by atoms with Gasteiger partial charge in [0, 0.05) is 5.69 Å². The third-order valence-corrected chi connectivity index (χ3v) is 4.04. The number of aryl methyl sites for hydroxylation is 1. The van der Waals surface area contributed by atoms with Crippen molar-refractivity contribution in [1.82, 2.24) is 0 Å². The van der Waals surface area contributed by atoms with E-state index in [4.69, 9.17) is 0 Å². The number of hydrogen-bond acceptors (Lipinski definition) is 1. The van der Waals surface area contributed by atoms with E-state index >= 15 is 0 Å². The van der Waals surface area contributed by atoms with Crippen molar-refractivity contribution in [1.29, 1.82) is 0 Å². The maximum atomic E-state index is 13.6. The maximum Gasteiger partial charge on any atom is 0.139 e. The summed E-state index contributed by atoms with van der Waals surface area (Å²) >= 11 is 3.19. The highest BCUT2D eigenvalue weighted by molar-refractivity contribution is 9.10. The van der Waals surface area contributed by atoms with E-state index in [0.717, 1.165) is 29.7 Å². The highest BCUT2D eigenvalue weighted by Crippen LogP contribution is 2.35. The summed E-state index contributed by atoms with van der Waals surface area (Å²) in [6.45, 7) is 0. The summed E-state index contributed by atoms with van der Waals surface area (Å²) in [7, 11) is 0. The molecular formula is C15H12BrF2N. The zero-order valence-electron chi connectivity index (χ0n) is 10.1. The molecule has 0 saturated heterocycles. The van der Waals surface area contributed by atoms with E-state index < -0.39 is 0 Å². The molecule has 1 aliphatic heterocycles. The zero-order valence-corrected chi connectivity index (χ0v) is 11.7. The van der Waals surface area contributed by atoms with E-state index in [-0.39, 0.29) is 17.7 Å². The molecule has 98 valence electrons. The first-order valence-corrected chi connectivity index (χ1v) is 6.93. The third kappa shape index (κ3) is 2.50. The SMILES string of the molecule is Fc1cccc(C2CCc3cc(Br)c(F)cc3N2)c1. The summed E-state index contributed by atoms with van der Waals surface area (Å²) in [4.78, 5) is 0. The molecular weight excluding hydrogens is 312 g/mol. The van der Waals surface area contributed by atoms with Crippen molar-refractivity contribution in [3.8, 4) is 0 Å². The monoisotopic (exact) mass is 323 g/mol. The van der Waals surface area contributed by atoms with Crippen LogP contribution in [-0.4, -0.2) is 0 Å². The summed E-state index contributed by atoms with van der Waals surface area (Å²) in [6, 6.07) is 9.87. The van der Waals surface area contributed by atoms with Gasteiger partial charge in [-0.3, -0.25) is 0 Å². The number of anilines is 1. The quantitative estimate of drug-likeness (QED) is 0.792. The molecule has 1 aliphatic rings. The van der Waals surface area contributed by atoms with E-state index in [1.165, 1.54) is 18.2 Å². The average Bonchev–Trinajstić information content (AvgIpc) is 2.39. The zero-order chi connectivity index (χ0) is 13.4. The van der Waals surface area contributed by atoms with E-state index in [2.05, 4.69) is 21.2 Å². The first-order chi connectivity index (χ1) is 9.13. The minimum Gasteiger partial charge on any atom is -0.378 e. The average molecular weight is 324 g/mol. The lowest BCUT2D eigenvalue weighted by atomic mass is 9.93. The molecule has 1 nitrogen and oxygen atoms in total. The molecule has 1 atom stereocenters. The van der Waals surface area contributed by atoms with Crippen LogP contribution in [0.1, 0.15) is 23.6 Å². The Kier molecular flexibility index (Phi) is 3.27. The number of rotatable bonds is 1. The lowest BCUT2D eigenvalue weighted by Crippen LogP contribution is -2.18. The molecule has 1 unspecified atom stereocenters. The molecule has 0 bridgehead atoms. The molecule has 0 amide bonds. The Bertz CT molecular complexity index is 628. The van der Waals surface area contributed by atoms with Gasteiger partial charge in [-0.05, 0) is 64.2 Å². The molecule has 0 spiro atoms. The molecule has 4 heteroatoms. The molecule has 2 aromatic rings. The molecule has 2 aromatic carbocycles. The van der Waals surface area contributed by atoms with Gasteiger partial charge in [-0.2, -0.15) is 0 Å². The summed E-state index contributed by atoms with van der Waals surface area (Å²) in [5.41, 5.74) is 2.77. The van der Waals surface area contributed by atoms with Gasteiger partial charge in [-0.25, -0.2) is 8.78 Å². The first kappa shape index (κ1) is 12.6. The van der Waals surface area contributed by atoms with Crippen molar-refractivity contribution in [2.45, 2.75) is 18.9 Å². The van der Waals surface area contributed by atoms with Crippen LogP contribution in [0.4, 0.5) is 14.5 Å². The third-order valence-electron chi connectivity index (χ3n) is 3.43. The highest BCUT2D eigenvalue weighted by Gasteiger charge is 2.20. The maximum absolute atomic E-state index is 13.6. The smallest absolute Gasteiger partial charge is 0.139 e. The number of fused-ring (bicyclic) bond motifs is 1. The van der Waals surface area contributed by atoms with Crippen molar-refractivity contribution >= 4 is 21.6 Å². The van der Waals surface area contributed by atoms with Crippen molar-refractivity contribution in [2.24, 2.45) is 0 Å². The first-order valence-electron chi connectivity index (χ1n) is 6.13. The molecule has 0 aromatic heterocycles. The van der Waals surface area contributed by atoms with E-state index in [1.54, 1.807) is 12.1 Å². The van der Waals surface area contributed by atoms with Gasteiger partial charge in [0.2, 0.25) is 0 Å². The number of nitrogens with one attached hydrogen (secondary N) is 1. The van der Waals surface area contributed by atoms with E-state index in [9.17, 15) is 8.78 Å². The number of halogens is 3. The van der Waals surface area contributed by atoms with Gasteiger partial charge in [0.15, 0.2) is 0 Å². The molecule has 0 radical (unpaired) electrons. The minimum atomic E-state index is -0.286. The highest BCUT2D eigenvalue weighted by atomic mass is 79.9. The van der Waals surface area contributed by atoms with Crippen LogP contribution in [0.2, 0.25) is 0 Å². The van der Waals surface area contributed by atoms with Gasteiger partial charge in [0.1, 0.15) is 11.6 Å². The molecule has 1 N–H and O–H groups in total. The van der Waals surface area contributed by atoms with Gasteiger partial charge < -0.3 is 5.32 Å². The fraction of sp³-hybridized carbons (Fsp3) is 0.200. The Labute approximate surface area is 118 Å². The van der Waals surface area contributed by atoms with E-state index in [0.29, 0.717) is 4.47 Å². The lowest BCUT2D eigenvalue weighted by Gasteiger charge is -2.27. The van der Waals surface area contributed by atoms with Crippen molar-refractivity contribution < 1.29 is 8.78 Å². The van der Waals surface area contributed by atoms with Crippen LogP contribution in [0.5, 0.6) is 0 Å². The van der Waals surface area contributed by atoms with Gasteiger partial charge in [-0.1, -0.05) is 12.1 Å². The second-order valence-electron chi connectivity index (χ2n) is 4.71. The van der Waals surface area contributed by atoms with Crippen LogP contribution in [-0.2, 0) is 6.42 Å². The lowest BCUT2D eigenvalue weighted by molar-refractivity contribution is 0.605. The normalized spacial score (nSPS) is 17.7. The Morgan fingerprint density at radius 2 is 2.00 bits per heavy atom. The Morgan fingerprint density at radius 3 is 2.79 bits per heavy atom. The largest absolute Gasteiger partial charge is 0.378 e. The van der Waals surface area contributed by atoms with Crippen molar-refractivity contribution in [3.05, 3.63) is 63.6 Å². The Hall–Kier alpha value is -1.42. The summed E-state index contributed by atoms with van der Waals surface area (Å²) in [5, 5.41) is 3.28. The Balaban J connectivity index is 1.92. The summed E-state index contributed by atoms with van der Waals surface area (Å²) in [5.74, 6) is -0.529. The second kappa shape index (κ2) is 4.93. The standard InChI is InChI=1S/C15H12BrF2N/c16-12-7-10-4-5-14(19-15(10)8-13(12)18)9-2-1-3-11(17)6-9/h1-3,6-8,14,19H,4-5H2. The Morgan fingerprint density at radius 1 is 1.16 bits per heavy atom. The van der Waals surface area contributed by atoms with E-state index in [1.807, 2.05) is 6.07 Å². The van der Waals surface area contributed by atoms with Gasteiger partial charge in [0.05, 0.1) is 10.5 Å². The summed E-state index contributed by atoms with van der Waals surface area (Å²) in [6.07, 6.45) is 1.72. The van der Waals surface area contributed by atoms with Gasteiger partial charge in [-0.15, -0.1) is 0 Å². The van der Waals surface area contributed by atoms with Crippen LogP contribution in [0.3, 0.4) is 0 Å². The molecule has 1 heterocycles. The van der Waals surface area contributed by atoms with Crippen molar-refractivity contribution in [3.63, 3.8) is 0 Å². The van der Waals surface area contributed by atoms with Crippen LogP contribution in [0, 0.1) is 11.6 Å². The molecule has 0 aliphatic carbocycles. The topological polar surface area (TPSA) is 12.0 Å². The van der Waals surface area contributed by atoms with Crippen molar-refractivity contribution in [2.75, 3.05) is 5.32 Å². The summed E-state index contributed by atoms with van der Waals surface area (Å²) < 4.78 is 27.3. The molecule has 0 saturated carbocycles. The molecule has 3 rings (SSSR count). The predicted octanol–water partition coefficient (Wildman–Crippen LogP) is 4.83. The van der Waals surface area contributed by atoms with Gasteiger partial charge in [0.25, 0.3) is 0 Å². The fourth-order valence-electron chi connectivity index (χ4n) is 2.46. The molecule has 0 fully saturated rings. The van der Waals surface area contributed by atoms with Crippen LogP contribution in [0.25, 0.3) is 0 Å². The van der Waals surface area contributed by atoms with Crippen LogP contribution < -0.4 is 5.32 Å². The molecule has 19 heavy (non-hydrogen) atoms. The number of benzene rings is 2. The number of hydrogen-bond donors (Lipinski definition) is 1. The minimum absolute atomic E-state index is 0.0313. The fourth-order valence-corrected chi connectivity index (χ4v) is 2.85. The second-order valence-corrected chi connectivity index (χ2v) is 5.57. The van der Waals surface area contributed by atoms with Crippen LogP contribution in [0.15, 0.2) is 40.9 Å². The van der Waals surface area contributed by atoms with Crippen LogP contribution >= 0.6 is 15.9 Å².